The second-order valence-corrected chi connectivity index (χ2v) is 23.5. The lowest BCUT2D eigenvalue weighted by atomic mass is 10.0. The first-order valence-corrected chi connectivity index (χ1v) is 34.4. The van der Waals surface area contributed by atoms with Crippen molar-refractivity contribution in [3.8, 4) is 0 Å². The van der Waals surface area contributed by atoms with Crippen LogP contribution >= 0.6 is 0 Å². The van der Waals surface area contributed by atoms with Gasteiger partial charge in [-0.2, -0.15) is 0 Å². The Bertz CT molecular complexity index is 1290. The van der Waals surface area contributed by atoms with Crippen molar-refractivity contribution >= 4 is 11.9 Å². The number of unbranched alkanes of at least 4 members (excludes halogenated alkanes) is 47. The molecule has 0 rings (SSSR count). The highest BCUT2D eigenvalue weighted by Crippen LogP contribution is 2.18. The van der Waals surface area contributed by atoms with Crippen LogP contribution in [0.2, 0.25) is 0 Å². The lowest BCUT2D eigenvalue weighted by molar-refractivity contribution is -0.143. The molecule has 0 aliphatic carbocycles. The third-order valence-corrected chi connectivity index (χ3v) is 15.8. The van der Waals surface area contributed by atoms with Crippen LogP contribution in [0.25, 0.3) is 0 Å². The van der Waals surface area contributed by atoms with Crippen molar-refractivity contribution in [2.45, 2.75) is 379 Å². The summed E-state index contributed by atoms with van der Waals surface area (Å²) in [7, 11) is 0. The number of amides is 1. The van der Waals surface area contributed by atoms with Gasteiger partial charge in [0.1, 0.15) is 0 Å². The minimum Gasteiger partial charge on any atom is -0.466 e. The van der Waals surface area contributed by atoms with Gasteiger partial charge < -0.3 is 20.3 Å². The quantitative estimate of drug-likeness (QED) is 0.0320. The van der Waals surface area contributed by atoms with Crippen LogP contribution < -0.4 is 5.32 Å². The summed E-state index contributed by atoms with van der Waals surface area (Å²) < 4.78 is 5.50. The molecule has 0 aliphatic rings. The summed E-state index contributed by atoms with van der Waals surface area (Å²) in [6, 6.07) is -0.629. The zero-order chi connectivity index (χ0) is 55.7. The number of carbonyl (C=O) groups excluding carboxylic acids is 2. The second kappa shape index (κ2) is 66.3. The van der Waals surface area contributed by atoms with Crippen molar-refractivity contribution in [1.82, 2.24) is 5.32 Å². The fraction of sp³-hybridized carbons (Fsp3) is 0.859. The number of rotatable bonds is 64. The van der Waals surface area contributed by atoms with E-state index in [0.717, 1.165) is 51.4 Å². The molecule has 452 valence electrons. The van der Waals surface area contributed by atoms with E-state index in [9.17, 15) is 19.8 Å². The average molecular weight is 1080 g/mol. The van der Waals surface area contributed by atoms with Crippen molar-refractivity contribution in [3.63, 3.8) is 0 Å². The van der Waals surface area contributed by atoms with E-state index in [1.54, 1.807) is 6.08 Å². The molecule has 0 radical (unpaired) electrons. The zero-order valence-corrected chi connectivity index (χ0v) is 51.7. The molecule has 0 aromatic rings. The van der Waals surface area contributed by atoms with Crippen LogP contribution in [0.1, 0.15) is 367 Å². The summed E-state index contributed by atoms with van der Waals surface area (Å²) in [5.74, 6) is -0.0569. The van der Waals surface area contributed by atoms with Crippen LogP contribution in [0.4, 0.5) is 0 Å². The van der Waals surface area contributed by atoms with E-state index >= 15 is 0 Å². The molecule has 0 saturated heterocycles. The monoisotopic (exact) mass is 1080 g/mol. The highest BCUT2D eigenvalue weighted by atomic mass is 16.5. The number of carbonyl (C=O) groups is 2. The maximum absolute atomic E-state index is 12.5. The molecule has 0 fully saturated rings. The number of nitrogens with one attached hydrogen (secondary N) is 1. The van der Waals surface area contributed by atoms with Gasteiger partial charge >= 0.3 is 5.97 Å². The van der Waals surface area contributed by atoms with Crippen LogP contribution in [0.3, 0.4) is 0 Å². The lowest BCUT2D eigenvalue weighted by Gasteiger charge is -2.20. The molecule has 2 atom stereocenters. The SMILES string of the molecule is CCCCC/C=C\C/C=C\CCCCCCCCCCCC(=O)OCCCCCCCCCCCCCC/C=C\CCCCCCCCCCCCCC(=O)NC(CO)C(O)/C=C/CCCCCCCCCCCCCC. The highest BCUT2D eigenvalue weighted by Gasteiger charge is 2.18. The third-order valence-electron chi connectivity index (χ3n) is 15.8. The number of aliphatic hydroxyl groups excluding tert-OH is 2. The maximum Gasteiger partial charge on any atom is 0.305 e. The van der Waals surface area contributed by atoms with Gasteiger partial charge in [-0.1, -0.05) is 313 Å². The van der Waals surface area contributed by atoms with E-state index in [0.29, 0.717) is 19.4 Å². The fourth-order valence-electron chi connectivity index (χ4n) is 10.5. The molecule has 0 heterocycles. The van der Waals surface area contributed by atoms with E-state index in [1.807, 2.05) is 6.08 Å². The molecule has 6 nitrogen and oxygen atoms in total. The van der Waals surface area contributed by atoms with Crippen LogP contribution in [0.15, 0.2) is 48.6 Å². The van der Waals surface area contributed by atoms with E-state index in [2.05, 4.69) is 55.6 Å². The summed E-state index contributed by atoms with van der Waals surface area (Å²) >= 11 is 0. The van der Waals surface area contributed by atoms with Gasteiger partial charge in [0, 0.05) is 12.8 Å². The lowest BCUT2D eigenvalue weighted by Crippen LogP contribution is -2.45. The van der Waals surface area contributed by atoms with Gasteiger partial charge in [0.25, 0.3) is 0 Å². The Hall–Kier alpha value is -2.18. The van der Waals surface area contributed by atoms with Crippen molar-refractivity contribution in [3.05, 3.63) is 48.6 Å². The zero-order valence-electron chi connectivity index (χ0n) is 51.7. The Balaban J connectivity index is 3.38. The molecule has 0 saturated carbocycles. The second-order valence-electron chi connectivity index (χ2n) is 23.5. The molecule has 2 unspecified atom stereocenters. The molecule has 1 amide bonds. The minimum atomic E-state index is -0.845. The summed E-state index contributed by atoms with van der Waals surface area (Å²) in [4.78, 5) is 24.6. The smallest absolute Gasteiger partial charge is 0.305 e. The standard InChI is InChI=1S/C71H133NO5/c1-3-5-7-9-11-13-15-17-19-20-30-34-37-41-45-49-53-57-61-65-71(76)77-66-62-58-54-50-46-42-38-35-32-29-27-25-23-21-22-24-26-28-31-33-36-40-44-48-52-56-60-64-70(75)72-68(67-73)69(74)63-59-55-51-47-43-39-18-16-14-12-10-8-6-4-2/h11,13,17,19,21-22,59,63,68-69,73-74H,3-10,12,14-16,18,20,23-58,60-62,64-67H2,1-2H3,(H,72,75)/b13-11-,19-17-,22-21-,63-59+. The summed E-state index contributed by atoms with van der Waals surface area (Å²) in [6.07, 6.45) is 86.1. The van der Waals surface area contributed by atoms with Gasteiger partial charge in [-0.15, -0.1) is 0 Å². The van der Waals surface area contributed by atoms with Gasteiger partial charge in [-0.3, -0.25) is 9.59 Å². The van der Waals surface area contributed by atoms with E-state index in [4.69, 9.17) is 4.74 Å². The number of ether oxygens (including phenoxy) is 1. The Kier molecular flexibility index (Phi) is 64.5. The molecule has 77 heavy (non-hydrogen) atoms. The highest BCUT2D eigenvalue weighted by molar-refractivity contribution is 5.76. The van der Waals surface area contributed by atoms with Crippen LogP contribution in [0, 0.1) is 0 Å². The molecule has 0 spiro atoms. The Labute approximate surface area is 480 Å². The topological polar surface area (TPSA) is 95.9 Å². The first kappa shape index (κ1) is 74.8. The van der Waals surface area contributed by atoms with Crippen molar-refractivity contribution in [2.75, 3.05) is 13.2 Å². The van der Waals surface area contributed by atoms with Crippen molar-refractivity contribution in [2.24, 2.45) is 0 Å². The number of hydrogen-bond donors (Lipinski definition) is 3. The maximum atomic E-state index is 12.5. The Morgan fingerprint density at radius 1 is 0.364 bits per heavy atom. The molecular weight excluding hydrogens is 947 g/mol. The molecule has 0 aliphatic heterocycles. The van der Waals surface area contributed by atoms with Crippen LogP contribution in [-0.2, 0) is 14.3 Å². The molecule has 3 N–H and O–H groups in total. The summed E-state index contributed by atoms with van der Waals surface area (Å²) in [5, 5.41) is 23.1. The Morgan fingerprint density at radius 3 is 1.03 bits per heavy atom. The predicted molar refractivity (Wildman–Crippen MR) is 338 cm³/mol. The Morgan fingerprint density at radius 2 is 0.649 bits per heavy atom. The number of esters is 1. The summed E-state index contributed by atoms with van der Waals surface area (Å²) in [6.45, 7) is 4.89. The van der Waals surface area contributed by atoms with Gasteiger partial charge in [-0.05, 0) is 89.9 Å². The van der Waals surface area contributed by atoms with Gasteiger partial charge in [-0.25, -0.2) is 0 Å². The van der Waals surface area contributed by atoms with Crippen LogP contribution in [0.5, 0.6) is 0 Å². The fourth-order valence-corrected chi connectivity index (χ4v) is 10.5. The van der Waals surface area contributed by atoms with E-state index < -0.39 is 12.1 Å². The van der Waals surface area contributed by atoms with E-state index in [1.165, 1.54) is 289 Å². The predicted octanol–water partition coefficient (Wildman–Crippen LogP) is 22.1. The molecule has 6 heteroatoms. The first-order chi connectivity index (χ1) is 38.0. The van der Waals surface area contributed by atoms with Gasteiger partial charge in [0.2, 0.25) is 5.91 Å². The number of hydrogen-bond acceptors (Lipinski definition) is 5. The first-order valence-electron chi connectivity index (χ1n) is 34.4. The number of allylic oxidation sites excluding steroid dienone is 7. The summed E-state index contributed by atoms with van der Waals surface area (Å²) in [5.41, 5.74) is 0. The molecule has 0 aromatic heterocycles. The minimum absolute atomic E-state index is 0.0110. The third kappa shape index (κ3) is 62.9. The van der Waals surface area contributed by atoms with Crippen LogP contribution in [-0.4, -0.2) is 47.4 Å². The normalized spacial score (nSPS) is 12.8. The van der Waals surface area contributed by atoms with E-state index in [-0.39, 0.29) is 18.5 Å². The van der Waals surface area contributed by atoms with Gasteiger partial charge in [0.15, 0.2) is 0 Å². The van der Waals surface area contributed by atoms with Gasteiger partial charge in [0.05, 0.1) is 25.4 Å². The molecule has 0 aromatic carbocycles. The van der Waals surface area contributed by atoms with Crippen molar-refractivity contribution < 1.29 is 24.5 Å². The average Bonchev–Trinajstić information content (AvgIpc) is 3.43. The largest absolute Gasteiger partial charge is 0.466 e. The molecular formula is C71H133NO5. The number of aliphatic hydroxyl groups is 2. The van der Waals surface area contributed by atoms with Crippen molar-refractivity contribution in [1.29, 1.82) is 0 Å². The molecule has 0 bridgehead atoms.